The fraction of sp³-hybridized carbons (Fsp3) is 0.462. The lowest BCUT2D eigenvalue weighted by Gasteiger charge is -2.21. The third-order valence-corrected chi connectivity index (χ3v) is 2.66. The third kappa shape index (κ3) is 3.80. The highest BCUT2D eigenvalue weighted by Gasteiger charge is 2.22. The summed E-state index contributed by atoms with van der Waals surface area (Å²) in [6.07, 6.45) is 5.52. The fourth-order valence-electron chi connectivity index (χ4n) is 1.63. The molecule has 20 heavy (non-hydrogen) atoms. The predicted octanol–water partition coefficient (Wildman–Crippen LogP) is 1.44. The molecule has 0 saturated carbocycles. The Balaban J connectivity index is 1.99. The minimum Gasteiger partial charge on any atom is -0.357 e. The second-order valence-corrected chi connectivity index (χ2v) is 5.95. The Morgan fingerprint density at radius 2 is 2.15 bits per heavy atom. The zero-order valence-electron chi connectivity index (χ0n) is 12.0. The van der Waals surface area contributed by atoms with E-state index in [2.05, 4.69) is 30.8 Å². The lowest BCUT2D eigenvalue weighted by atomic mass is 10.1. The Labute approximate surface area is 123 Å². The number of hydrogen-bond acceptors (Lipinski definition) is 5. The molecule has 2 heterocycles. The smallest absolute Gasteiger partial charge is 0.187 e. The van der Waals surface area contributed by atoms with Crippen molar-refractivity contribution in [1.29, 1.82) is 0 Å². The predicted molar refractivity (Wildman–Crippen MR) is 88.0 cm³/mol. The molecule has 0 radical (unpaired) electrons. The standard InChI is InChI=1S/C13H18N6S/c1-8(18-19-12(20)17-13(2,3)4)10-15-9-6-5-7-14-11(9)16-10/h5-7,9H,1-4H3,(H2,17,19,20)/b18-8+. The highest BCUT2D eigenvalue weighted by Crippen LogP contribution is 2.12. The van der Waals surface area contributed by atoms with E-state index >= 15 is 0 Å². The topological polar surface area (TPSA) is 73.5 Å². The van der Waals surface area contributed by atoms with E-state index in [-0.39, 0.29) is 11.6 Å². The molecule has 7 heteroatoms. The van der Waals surface area contributed by atoms with Gasteiger partial charge in [-0.25, -0.2) is 15.0 Å². The van der Waals surface area contributed by atoms with Crippen molar-refractivity contribution < 1.29 is 0 Å². The van der Waals surface area contributed by atoms with E-state index in [0.717, 1.165) is 0 Å². The monoisotopic (exact) mass is 290 g/mol. The van der Waals surface area contributed by atoms with Crippen molar-refractivity contribution in [3.05, 3.63) is 12.2 Å². The molecule has 2 N–H and O–H groups in total. The highest BCUT2D eigenvalue weighted by atomic mass is 32.1. The number of amidine groups is 2. The van der Waals surface area contributed by atoms with Crippen molar-refractivity contribution in [3.8, 4) is 0 Å². The van der Waals surface area contributed by atoms with Gasteiger partial charge >= 0.3 is 0 Å². The van der Waals surface area contributed by atoms with Crippen LogP contribution < -0.4 is 10.7 Å². The summed E-state index contributed by atoms with van der Waals surface area (Å²) in [5.74, 6) is 1.28. The minimum atomic E-state index is -0.104. The number of thiocarbonyl (C=S) groups is 1. The Hall–Kier alpha value is -1.89. The first-order valence-electron chi connectivity index (χ1n) is 6.35. The highest BCUT2D eigenvalue weighted by molar-refractivity contribution is 7.80. The number of rotatable bonds is 2. The van der Waals surface area contributed by atoms with Crippen LogP contribution in [0.25, 0.3) is 0 Å². The average Bonchev–Trinajstić information content (AvgIpc) is 2.77. The molecule has 0 saturated heterocycles. The summed E-state index contributed by atoms with van der Waals surface area (Å²) in [6.45, 7) is 7.92. The van der Waals surface area contributed by atoms with Gasteiger partial charge in [0.2, 0.25) is 0 Å². The van der Waals surface area contributed by atoms with Gasteiger partial charge < -0.3 is 5.32 Å². The van der Waals surface area contributed by atoms with Crippen LogP contribution in [0.3, 0.4) is 0 Å². The first-order valence-corrected chi connectivity index (χ1v) is 6.76. The van der Waals surface area contributed by atoms with Crippen LogP contribution in [0.4, 0.5) is 0 Å². The molecule has 2 aliphatic heterocycles. The van der Waals surface area contributed by atoms with Crippen LogP contribution in [0.1, 0.15) is 27.7 Å². The SMILES string of the molecule is C/C(=N\NC(=S)NC(C)(C)C)C1=NC2C=CC=NC2=N1. The molecule has 1 unspecified atom stereocenters. The molecule has 2 rings (SSSR count). The van der Waals surface area contributed by atoms with Crippen LogP contribution in [-0.4, -0.2) is 40.3 Å². The van der Waals surface area contributed by atoms with Crippen molar-refractivity contribution >= 4 is 40.9 Å². The van der Waals surface area contributed by atoms with Crippen LogP contribution >= 0.6 is 12.2 Å². The van der Waals surface area contributed by atoms with Gasteiger partial charge in [-0.05, 0) is 46.0 Å². The van der Waals surface area contributed by atoms with Gasteiger partial charge in [0.1, 0.15) is 11.8 Å². The largest absolute Gasteiger partial charge is 0.357 e. The van der Waals surface area contributed by atoms with E-state index in [9.17, 15) is 0 Å². The molecule has 0 bridgehead atoms. The van der Waals surface area contributed by atoms with Gasteiger partial charge in [-0.3, -0.25) is 5.43 Å². The van der Waals surface area contributed by atoms with E-state index in [1.807, 2.05) is 39.8 Å². The lowest BCUT2D eigenvalue weighted by Crippen LogP contribution is -2.45. The number of allylic oxidation sites excluding steroid dienone is 1. The van der Waals surface area contributed by atoms with E-state index in [4.69, 9.17) is 12.2 Å². The maximum atomic E-state index is 5.16. The van der Waals surface area contributed by atoms with Crippen molar-refractivity contribution in [2.45, 2.75) is 39.3 Å². The number of nitrogens with zero attached hydrogens (tertiary/aromatic N) is 4. The molecular weight excluding hydrogens is 272 g/mol. The molecule has 0 aliphatic carbocycles. The van der Waals surface area contributed by atoms with Gasteiger partial charge in [-0.15, -0.1) is 0 Å². The van der Waals surface area contributed by atoms with E-state index in [0.29, 0.717) is 22.5 Å². The van der Waals surface area contributed by atoms with Crippen LogP contribution in [0.15, 0.2) is 32.2 Å². The van der Waals surface area contributed by atoms with Crippen molar-refractivity contribution in [3.63, 3.8) is 0 Å². The summed E-state index contributed by atoms with van der Waals surface area (Å²) in [6, 6.07) is -0.0835. The molecule has 1 atom stereocenters. The first kappa shape index (κ1) is 14.5. The van der Waals surface area contributed by atoms with Gasteiger partial charge in [0.15, 0.2) is 16.8 Å². The van der Waals surface area contributed by atoms with E-state index in [1.54, 1.807) is 6.21 Å². The normalized spacial score (nSPS) is 21.2. The molecule has 0 spiro atoms. The number of hydrazone groups is 1. The molecule has 106 valence electrons. The molecule has 0 fully saturated rings. The minimum absolute atomic E-state index is 0.0835. The Kier molecular flexibility index (Phi) is 4.08. The van der Waals surface area contributed by atoms with Gasteiger partial charge in [-0.2, -0.15) is 5.10 Å². The second kappa shape index (κ2) is 5.62. The Morgan fingerprint density at radius 1 is 1.40 bits per heavy atom. The van der Waals surface area contributed by atoms with E-state index < -0.39 is 0 Å². The molecule has 0 aromatic rings. The third-order valence-electron chi connectivity index (χ3n) is 2.47. The Bertz CT molecular complexity index is 562. The summed E-state index contributed by atoms with van der Waals surface area (Å²) in [4.78, 5) is 13.0. The van der Waals surface area contributed by atoms with Gasteiger partial charge in [0, 0.05) is 11.8 Å². The molecule has 0 aromatic carbocycles. The molecule has 2 aliphatic rings. The second-order valence-electron chi connectivity index (χ2n) is 5.54. The number of nitrogens with one attached hydrogen (secondary N) is 2. The number of hydrogen-bond donors (Lipinski definition) is 2. The summed E-state index contributed by atoms with van der Waals surface area (Å²) in [7, 11) is 0. The first-order chi connectivity index (χ1) is 9.35. The van der Waals surface area contributed by atoms with Crippen molar-refractivity contribution in [1.82, 2.24) is 10.7 Å². The number of fused-ring (bicyclic) bond motifs is 1. The lowest BCUT2D eigenvalue weighted by molar-refractivity contribution is 0.508. The summed E-state index contributed by atoms with van der Waals surface area (Å²) in [5.41, 5.74) is 3.37. The summed E-state index contributed by atoms with van der Waals surface area (Å²) < 4.78 is 0. The van der Waals surface area contributed by atoms with Crippen LogP contribution in [0, 0.1) is 0 Å². The van der Waals surface area contributed by atoms with Crippen LogP contribution in [-0.2, 0) is 0 Å². The molecule has 6 nitrogen and oxygen atoms in total. The Morgan fingerprint density at radius 3 is 2.80 bits per heavy atom. The van der Waals surface area contributed by atoms with E-state index in [1.165, 1.54) is 0 Å². The average molecular weight is 290 g/mol. The van der Waals surface area contributed by atoms with Gasteiger partial charge in [0.05, 0.1) is 0 Å². The zero-order chi connectivity index (χ0) is 14.8. The van der Waals surface area contributed by atoms with Crippen LogP contribution in [0.5, 0.6) is 0 Å². The summed E-state index contributed by atoms with van der Waals surface area (Å²) >= 11 is 5.16. The number of aliphatic imine (C=N–C) groups is 3. The van der Waals surface area contributed by atoms with Gasteiger partial charge in [-0.1, -0.05) is 6.08 Å². The van der Waals surface area contributed by atoms with Crippen molar-refractivity contribution in [2.24, 2.45) is 20.1 Å². The van der Waals surface area contributed by atoms with Crippen molar-refractivity contribution in [2.75, 3.05) is 0 Å². The fourth-order valence-corrected chi connectivity index (χ4v) is 1.98. The summed E-state index contributed by atoms with van der Waals surface area (Å²) in [5, 5.41) is 7.79. The zero-order valence-corrected chi connectivity index (χ0v) is 12.8. The van der Waals surface area contributed by atoms with Crippen LogP contribution in [0.2, 0.25) is 0 Å². The maximum absolute atomic E-state index is 5.16. The quantitative estimate of drug-likeness (QED) is 0.459. The number of dihydropyridines is 1. The molecular formula is C13H18N6S. The molecule has 0 amide bonds. The maximum Gasteiger partial charge on any atom is 0.187 e. The molecule has 0 aromatic heterocycles. The van der Waals surface area contributed by atoms with Gasteiger partial charge in [0.25, 0.3) is 0 Å².